The molecule has 0 atom stereocenters. The summed E-state index contributed by atoms with van der Waals surface area (Å²) in [5.41, 5.74) is 0. The number of rotatable bonds is 9. The maximum Gasteiger partial charge on any atom is 0.223 e. The van der Waals surface area contributed by atoms with Gasteiger partial charge < -0.3 is 15.0 Å². The van der Waals surface area contributed by atoms with Gasteiger partial charge in [0.15, 0.2) is 0 Å². The van der Waals surface area contributed by atoms with Crippen LogP contribution in [0, 0.1) is 0 Å². The molecule has 0 saturated heterocycles. The van der Waals surface area contributed by atoms with Gasteiger partial charge >= 0.3 is 0 Å². The third-order valence-corrected chi connectivity index (χ3v) is 3.38. The second kappa shape index (κ2) is 9.61. The number of ether oxygens (including phenoxy) is 1. The Labute approximate surface area is 126 Å². The van der Waals surface area contributed by atoms with Crippen molar-refractivity contribution in [3.63, 3.8) is 0 Å². The summed E-state index contributed by atoms with van der Waals surface area (Å²) in [5, 5.41) is 3.45. The lowest BCUT2D eigenvalue weighted by atomic mass is 10.3. The third-order valence-electron chi connectivity index (χ3n) is 3.07. The SMILES string of the molecule is CCN(CC)CCNC(=O)CCOc1ccccc1Cl. The van der Waals surface area contributed by atoms with E-state index in [-0.39, 0.29) is 5.91 Å². The van der Waals surface area contributed by atoms with Crippen LogP contribution in [-0.4, -0.2) is 43.6 Å². The number of nitrogens with one attached hydrogen (secondary N) is 1. The monoisotopic (exact) mass is 298 g/mol. The lowest BCUT2D eigenvalue weighted by Crippen LogP contribution is -2.35. The third kappa shape index (κ3) is 6.26. The number of likely N-dealkylation sites (N-methyl/N-ethyl adjacent to an activating group) is 1. The first-order valence-corrected chi connectivity index (χ1v) is 7.41. The van der Waals surface area contributed by atoms with Crippen LogP contribution < -0.4 is 10.1 Å². The molecule has 5 heteroatoms. The number of para-hydroxylation sites is 1. The number of nitrogens with zero attached hydrogens (tertiary/aromatic N) is 1. The van der Waals surface area contributed by atoms with Crippen molar-refractivity contribution < 1.29 is 9.53 Å². The van der Waals surface area contributed by atoms with Crippen LogP contribution in [0.2, 0.25) is 5.02 Å². The van der Waals surface area contributed by atoms with E-state index in [9.17, 15) is 4.79 Å². The summed E-state index contributed by atoms with van der Waals surface area (Å²) in [5.74, 6) is 0.620. The molecule has 0 aliphatic rings. The smallest absolute Gasteiger partial charge is 0.223 e. The van der Waals surface area contributed by atoms with Gasteiger partial charge in [-0.25, -0.2) is 0 Å². The van der Waals surface area contributed by atoms with E-state index in [1.807, 2.05) is 12.1 Å². The van der Waals surface area contributed by atoms with Crippen LogP contribution in [0.5, 0.6) is 5.75 Å². The molecule has 1 amide bonds. The van der Waals surface area contributed by atoms with Crippen molar-refractivity contribution in [1.29, 1.82) is 0 Å². The normalized spacial score (nSPS) is 10.6. The number of carbonyl (C=O) groups is 1. The Kier molecular flexibility index (Phi) is 8.07. The molecule has 0 aromatic heterocycles. The van der Waals surface area contributed by atoms with Gasteiger partial charge in [-0.05, 0) is 25.2 Å². The number of amides is 1. The highest BCUT2D eigenvalue weighted by Crippen LogP contribution is 2.22. The van der Waals surface area contributed by atoms with E-state index in [4.69, 9.17) is 16.3 Å². The maximum absolute atomic E-state index is 11.6. The average molecular weight is 299 g/mol. The predicted octanol–water partition coefficient (Wildman–Crippen LogP) is 2.57. The van der Waals surface area contributed by atoms with Gasteiger partial charge in [-0.3, -0.25) is 4.79 Å². The van der Waals surface area contributed by atoms with Crippen LogP contribution in [-0.2, 0) is 4.79 Å². The molecule has 0 saturated carbocycles. The Morgan fingerprint density at radius 3 is 2.65 bits per heavy atom. The molecule has 0 aliphatic carbocycles. The van der Waals surface area contributed by atoms with E-state index < -0.39 is 0 Å². The molecule has 112 valence electrons. The summed E-state index contributed by atoms with van der Waals surface area (Å²) in [4.78, 5) is 13.9. The molecule has 1 aromatic carbocycles. The van der Waals surface area contributed by atoms with Gasteiger partial charge in [-0.1, -0.05) is 37.6 Å². The first-order chi connectivity index (χ1) is 9.67. The number of halogens is 1. The van der Waals surface area contributed by atoms with Crippen molar-refractivity contribution in [1.82, 2.24) is 10.2 Å². The first kappa shape index (κ1) is 16.8. The van der Waals surface area contributed by atoms with Crippen molar-refractivity contribution >= 4 is 17.5 Å². The first-order valence-electron chi connectivity index (χ1n) is 7.03. The van der Waals surface area contributed by atoms with Crippen LogP contribution in [0.4, 0.5) is 0 Å². The highest BCUT2D eigenvalue weighted by atomic mass is 35.5. The zero-order chi connectivity index (χ0) is 14.8. The second-order valence-corrected chi connectivity index (χ2v) is 4.81. The Morgan fingerprint density at radius 1 is 1.30 bits per heavy atom. The molecule has 0 spiro atoms. The number of benzene rings is 1. The molecule has 0 unspecified atom stereocenters. The maximum atomic E-state index is 11.6. The number of hydrogen-bond donors (Lipinski definition) is 1. The molecule has 4 nitrogen and oxygen atoms in total. The van der Waals surface area contributed by atoms with E-state index in [1.54, 1.807) is 12.1 Å². The molecule has 1 N–H and O–H groups in total. The fourth-order valence-corrected chi connectivity index (χ4v) is 1.99. The molecule has 20 heavy (non-hydrogen) atoms. The topological polar surface area (TPSA) is 41.6 Å². The summed E-state index contributed by atoms with van der Waals surface area (Å²) in [6.07, 6.45) is 0.337. The van der Waals surface area contributed by atoms with Gasteiger partial charge in [0.1, 0.15) is 5.75 Å². The summed E-state index contributed by atoms with van der Waals surface area (Å²) >= 11 is 5.96. The van der Waals surface area contributed by atoms with Gasteiger partial charge in [-0.15, -0.1) is 0 Å². The van der Waals surface area contributed by atoms with Crippen molar-refractivity contribution in [3.05, 3.63) is 29.3 Å². The van der Waals surface area contributed by atoms with Crippen LogP contribution in [0.1, 0.15) is 20.3 Å². The van der Waals surface area contributed by atoms with Crippen molar-refractivity contribution in [2.24, 2.45) is 0 Å². The van der Waals surface area contributed by atoms with Gasteiger partial charge in [0.05, 0.1) is 18.1 Å². The summed E-state index contributed by atoms with van der Waals surface area (Å²) in [6, 6.07) is 7.25. The molecular formula is C15H23ClN2O2. The van der Waals surface area contributed by atoms with E-state index >= 15 is 0 Å². The van der Waals surface area contributed by atoms with Gasteiger partial charge in [-0.2, -0.15) is 0 Å². The molecule has 0 aliphatic heterocycles. The highest BCUT2D eigenvalue weighted by Gasteiger charge is 2.04. The minimum absolute atomic E-state index is 0.00390. The summed E-state index contributed by atoms with van der Waals surface area (Å²) < 4.78 is 5.47. The van der Waals surface area contributed by atoms with Gasteiger partial charge in [0, 0.05) is 13.1 Å². The molecule has 0 radical (unpaired) electrons. The van der Waals surface area contributed by atoms with Crippen LogP contribution in [0.3, 0.4) is 0 Å². The number of hydrogen-bond acceptors (Lipinski definition) is 3. The zero-order valence-corrected chi connectivity index (χ0v) is 12.9. The Bertz CT molecular complexity index is 409. The molecular weight excluding hydrogens is 276 g/mol. The summed E-state index contributed by atoms with van der Waals surface area (Å²) in [7, 11) is 0. The average Bonchev–Trinajstić information content (AvgIpc) is 2.46. The van der Waals surface area contributed by atoms with Crippen molar-refractivity contribution in [2.75, 3.05) is 32.8 Å². The Balaban J connectivity index is 2.16. The summed E-state index contributed by atoms with van der Waals surface area (Å²) in [6.45, 7) is 8.12. The lowest BCUT2D eigenvalue weighted by Gasteiger charge is -2.17. The molecule has 1 rings (SSSR count). The molecule has 0 fully saturated rings. The zero-order valence-electron chi connectivity index (χ0n) is 12.2. The van der Waals surface area contributed by atoms with E-state index in [2.05, 4.69) is 24.1 Å². The molecule has 0 bridgehead atoms. The second-order valence-electron chi connectivity index (χ2n) is 4.41. The van der Waals surface area contributed by atoms with Gasteiger partial charge in [0.25, 0.3) is 0 Å². The Morgan fingerprint density at radius 2 is 2.00 bits per heavy atom. The predicted molar refractivity (Wildman–Crippen MR) is 82.4 cm³/mol. The highest BCUT2D eigenvalue weighted by molar-refractivity contribution is 6.32. The van der Waals surface area contributed by atoms with Crippen LogP contribution >= 0.6 is 11.6 Å². The molecule has 0 heterocycles. The van der Waals surface area contributed by atoms with Gasteiger partial charge in [0.2, 0.25) is 5.91 Å². The van der Waals surface area contributed by atoms with E-state index in [0.29, 0.717) is 30.3 Å². The molecule has 1 aromatic rings. The minimum atomic E-state index is 0.00390. The quantitative estimate of drug-likeness (QED) is 0.762. The Hall–Kier alpha value is -1.26. The fourth-order valence-electron chi connectivity index (χ4n) is 1.80. The lowest BCUT2D eigenvalue weighted by molar-refractivity contribution is -0.121. The van der Waals surface area contributed by atoms with Crippen LogP contribution in [0.15, 0.2) is 24.3 Å². The van der Waals surface area contributed by atoms with Crippen molar-refractivity contribution in [2.45, 2.75) is 20.3 Å². The van der Waals surface area contributed by atoms with Crippen LogP contribution in [0.25, 0.3) is 0 Å². The fraction of sp³-hybridized carbons (Fsp3) is 0.533. The van der Waals surface area contributed by atoms with E-state index in [1.165, 1.54) is 0 Å². The van der Waals surface area contributed by atoms with Crippen molar-refractivity contribution in [3.8, 4) is 5.75 Å². The standard InChI is InChI=1S/C15H23ClN2O2/c1-3-18(4-2)11-10-17-15(19)9-12-20-14-8-6-5-7-13(14)16/h5-8H,3-4,9-12H2,1-2H3,(H,17,19). The van der Waals surface area contributed by atoms with E-state index in [0.717, 1.165) is 19.6 Å². The largest absolute Gasteiger partial charge is 0.491 e. The number of carbonyl (C=O) groups excluding carboxylic acids is 1. The minimum Gasteiger partial charge on any atom is -0.491 e.